The molecule has 2 aromatic rings. The molecule has 1 saturated heterocycles. The van der Waals surface area contributed by atoms with Gasteiger partial charge in [0.15, 0.2) is 5.78 Å². The molecule has 142 valence electrons. The maximum atomic E-state index is 13.0. The van der Waals surface area contributed by atoms with E-state index in [0.29, 0.717) is 44.3 Å². The summed E-state index contributed by atoms with van der Waals surface area (Å²) in [6.45, 7) is 1.17. The number of carbonyl (C=O) groups is 2. The first-order valence-corrected chi connectivity index (χ1v) is 9.28. The predicted molar refractivity (Wildman–Crippen MR) is 101 cm³/mol. The van der Waals surface area contributed by atoms with Crippen LogP contribution in [0, 0.1) is 11.7 Å². The van der Waals surface area contributed by atoms with Gasteiger partial charge in [0.25, 0.3) is 0 Å². The van der Waals surface area contributed by atoms with Crippen LogP contribution in [-0.2, 0) is 11.2 Å². The summed E-state index contributed by atoms with van der Waals surface area (Å²) in [7, 11) is 1.63. The smallest absolute Gasteiger partial charge is 0.222 e. The Hall–Kier alpha value is -2.69. The number of ketones is 1. The molecule has 27 heavy (non-hydrogen) atoms. The summed E-state index contributed by atoms with van der Waals surface area (Å²) in [6, 6.07) is 13.4. The summed E-state index contributed by atoms with van der Waals surface area (Å²) >= 11 is 0. The molecule has 0 saturated carbocycles. The van der Waals surface area contributed by atoms with E-state index in [-0.39, 0.29) is 23.4 Å². The van der Waals surface area contributed by atoms with Crippen LogP contribution in [0.5, 0.6) is 5.75 Å². The molecule has 0 bridgehead atoms. The maximum Gasteiger partial charge on any atom is 0.222 e. The average molecular weight is 369 g/mol. The van der Waals surface area contributed by atoms with Gasteiger partial charge in [-0.3, -0.25) is 9.59 Å². The van der Waals surface area contributed by atoms with Crippen molar-refractivity contribution in [1.29, 1.82) is 0 Å². The number of para-hydroxylation sites is 1. The van der Waals surface area contributed by atoms with Crippen molar-refractivity contribution in [2.45, 2.75) is 25.7 Å². The zero-order valence-corrected chi connectivity index (χ0v) is 15.5. The summed E-state index contributed by atoms with van der Waals surface area (Å²) in [6.07, 6.45) is 2.36. The lowest BCUT2D eigenvalue weighted by Gasteiger charge is -2.31. The minimum Gasteiger partial charge on any atom is -0.496 e. The third-order valence-corrected chi connectivity index (χ3v) is 5.15. The predicted octanol–water partition coefficient (Wildman–Crippen LogP) is 3.89. The lowest BCUT2D eigenvalue weighted by molar-refractivity contribution is -0.132. The number of likely N-dealkylation sites (tertiary alicyclic amines) is 1. The van der Waals surface area contributed by atoms with Crippen molar-refractivity contribution in [3.8, 4) is 5.75 Å². The number of halogens is 1. The number of amides is 1. The molecular weight excluding hydrogens is 345 g/mol. The molecule has 0 radical (unpaired) electrons. The van der Waals surface area contributed by atoms with Gasteiger partial charge in [0.05, 0.1) is 7.11 Å². The molecule has 1 fully saturated rings. The van der Waals surface area contributed by atoms with Crippen LogP contribution >= 0.6 is 0 Å². The number of ether oxygens (including phenoxy) is 1. The Morgan fingerprint density at radius 1 is 1.07 bits per heavy atom. The average Bonchev–Trinajstić information content (AvgIpc) is 2.72. The van der Waals surface area contributed by atoms with Gasteiger partial charge in [0, 0.05) is 31.0 Å². The lowest BCUT2D eigenvalue weighted by atomic mass is 9.88. The highest BCUT2D eigenvalue weighted by Gasteiger charge is 2.27. The van der Waals surface area contributed by atoms with Crippen molar-refractivity contribution in [2.24, 2.45) is 5.92 Å². The molecule has 1 heterocycles. The number of nitrogens with zero attached hydrogens (tertiary/aromatic N) is 1. The Balaban J connectivity index is 1.50. The molecule has 1 aliphatic heterocycles. The first kappa shape index (κ1) is 19.1. The molecule has 0 unspecified atom stereocenters. The molecule has 1 aliphatic rings. The van der Waals surface area contributed by atoms with Gasteiger partial charge in [0.2, 0.25) is 5.91 Å². The van der Waals surface area contributed by atoms with Crippen LogP contribution in [0.4, 0.5) is 4.39 Å². The van der Waals surface area contributed by atoms with Gasteiger partial charge in [-0.1, -0.05) is 18.2 Å². The van der Waals surface area contributed by atoms with E-state index < -0.39 is 0 Å². The number of methoxy groups -OCH3 is 1. The molecule has 0 aliphatic carbocycles. The number of carbonyl (C=O) groups excluding carboxylic acids is 2. The van der Waals surface area contributed by atoms with Crippen molar-refractivity contribution in [3.05, 3.63) is 65.5 Å². The van der Waals surface area contributed by atoms with E-state index in [9.17, 15) is 14.0 Å². The van der Waals surface area contributed by atoms with Crippen LogP contribution in [-0.4, -0.2) is 36.8 Å². The van der Waals surface area contributed by atoms with Crippen LogP contribution in [0.1, 0.15) is 35.2 Å². The first-order valence-electron chi connectivity index (χ1n) is 9.28. The van der Waals surface area contributed by atoms with Crippen LogP contribution < -0.4 is 4.74 Å². The molecule has 1 amide bonds. The highest BCUT2D eigenvalue weighted by atomic mass is 19.1. The maximum absolute atomic E-state index is 13.0. The van der Waals surface area contributed by atoms with Crippen molar-refractivity contribution >= 4 is 11.7 Å². The number of aryl methyl sites for hydroxylation is 1. The zero-order valence-electron chi connectivity index (χ0n) is 15.5. The molecule has 3 rings (SSSR count). The zero-order chi connectivity index (χ0) is 19.2. The third-order valence-electron chi connectivity index (χ3n) is 5.15. The Bertz CT molecular complexity index is 795. The topological polar surface area (TPSA) is 46.6 Å². The SMILES string of the molecule is COc1ccccc1CCC(=O)N1CCC(C(=O)c2ccc(F)cc2)CC1. The Morgan fingerprint density at radius 3 is 2.41 bits per heavy atom. The largest absolute Gasteiger partial charge is 0.496 e. The van der Waals surface area contributed by atoms with E-state index in [4.69, 9.17) is 4.74 Å². The van der Waals surface area contributed by atoms with Gasteiger partial charge in [0.1, 0.15) is 11.6 Å². The van der Waals surface area contributed by atoms with Gasteiger partial charge in [-0.15, -0.1) is 0 Å². The summed E-state index contributed by atoms with van der Waals surface area (Å²) in [4.78, 5) is 26.9. The van der Waals surface area contributed by atoms with Crippen LogP contribution in [0.25, 0.3) is 0 Å². The lowest BCUT2D eigenvalue weighted by Crippen LogP contribution is -2.40. The molecule has 0 aromatic heterocycles. The Morgan fingerprint density at radius 2 is 1.74 bits per heavy atom. The van der Waals surface area contributed by atoms with E-state index >= 15 is 0 Å². The summed E-state index contributed by atoms with van der Waals surface area (Å²) in [5.41, 5.74) is 1.56. The number of hydrogen-bond donors (Lipinski definition) is 0. The van der Waals surface area contributed by atoms with E-state index in [2.05, 4.69) is 0 Å². The summed E-state index contributed by atoms with van der Waals surface area (Å²) < 4.78 is 18.3. The fraction of sp³-hybridized carbons (Fsp3) is 0.364. The van der Waals surface area contributed by atoms with Crippen molar-refractivity contribution in [3.63, 3.8) is 0 Å². The van der Waals surface area contributed by atoms with E-state index in [1.807, 2.05) is 29.2 Å². The van der Waals surface area contributed by atoms with Gasteiger partial charge in [-0.2, -0.15) is 0 Å². The summed E-state index contributed by atoms with van der Waals surface area (Å²) in [5, 5.41) is 0. The van der Waals surface area contributed by atoms with Gasteiger partial charge < -0.3 is 9.64 Å². The van der Waals surface area contributed by atoms with E-state index in [1.165, 1.54) is 24.3 Å². The molecule has 5 heteroatoms. The minimum atomic E-state index is -0.345. The number of hydrogen-bond acceptors (Lipinski definition) is 3. The fourth-order valence-electron chi connectivity index (χ4n) is 3.55. The van der Waals surface area contributed by atoms with Crippen LogP contribution in [0.15, 0.2) is 48.5 Å². The highest BCUT2D eigenvalue weighted by molar-refractivity contribution is 5.98. The fourth-order valence-corrected chi connectivity index (χ4v) is 3.55. The second-order valence-electron chi connectivity index (χ2n) is 6.84. The number of benzene rings is 2. The molecule has 0 atom stereocenters. The van der Waals surface area contributed by atoms with Crippen LogP contribution in [0.2, 0.25) is 0 Å². The first-order chi connectivity index (χ1) is 13.1. The summed E-state index contributed by atoms with van der Waals surface area (Å²) in [5.74, 6) is 0.495. The molecule has 4 nitrogen and oxygen atoms in total. The Labute approximate surface area is 158 Å². The second-order valence-corrected chi connectivity index (χ2v) is 6.84. The standard InChI is InChI=1S/C22H24FNO3/c1-27-20-5-3-2-4-16(20)8-11-21(25)24-14-12-18(13-15-24)22(26)17-6-9-19(23)10-7-17/h2-7,9-10,18H,8,11-15H2,1H3. The number of piperidine rings is 1. The molecule has 0 N–H and O–H groups in total. The van der Waals surface area contributed by atoms with E-state index in [1.54, 1.807) is 7.11 Å². The highest BCUT2D eigenvalue weighted by Crippen LogP contribution is 2.24. The number of rotatable bonds is 6. The van der Waals surface area contributed by atoms with Crippen molar-refractivity contribution in [2.75, 3.05) is 20.2 Å². The quantitative estimate of drug-likeness (QED) is 0.726. The molecule has 0 spiro atoms. The van der Waals surface area contributed by atoms with Crippen molar-refractivity contribution < 1.29 is 18.7 Å². The van der Waals surface area contributed by atoms with Crippen LogP contribution in [0.3, 0.4) is 0 Å². The van der Waals surface area contributed by atoms with Crippen molar-refractivity contribution in [1.82, 2.24) is 4.90 Å². The van der Waals surface area contributed by atoms with E-state index in [0.717, 1.165) is 11.3 Å². The third kappa shape index (κ3) is 4.73. The van der Waals surface area contributed by atoms with Gasteiger partial charge >= 0.3 is 0 Å². The normalized spacial score (nSPS) is 14.8. The molecule has 2 aromatic carbocycles. The minimum absolute atomic E-state index is 0.0381. The Kier molecular flexibility index (Phi) is 6.22. The van der Waals surface area contributed by atoms with Gasteiger partial charge in [-0.05, 0) is 55.2 Å². The number of Topliss-reactive ketones (excluding diaryl/α,β-unsaturated/α-hetero) is 1. The van der Waals surface area contributed by atoms with Gasteiger partial charge in [-0.25, -0.2) is 4.39 Å². The molecular formula is C22H24FNO3. The monoisotopic (exact) mass is 369 g/mol. The second kappa shape index (κ2) is 8.80.